The first-order valence-corrected chi connectivity index (χ1v) is 6.98. The lowest BCUT2D eigenvalue weighted by molar-refractivity contribution is 0.591. The third-order valence-electron chi connectivity index (χ3n) is 2.83. The average Bonchev–Trinajstić information content (AvgIpc) is 2.62. The molecule has 0 saturated carbocycles. The minimum Gasteiger partial charge on any atom is -0.384 e. The first kappa shape index (κ1) is 10.5. The molecule has 0 aromatic heterocycles. The second-order valence-corrected chi connectivity index (χ2v) is 6.26. The molecule has 0 bridgehead atoms. The predicted molar refractivity (Wildman–Crippen MR) is 62.0 cm³/mol. The minimum absolute atomic E-state index is 0.117. The molecule has 1 N–H and O–H groups in total. The molecule has 0 fully saturated rings. The number of sulfone groups is 1. The maximum absolute atomic E-state index is 11.5. The van der Waals surface area contributed by atoms with Crippen LogP contribution in [0.3, 0.4) is 0 Å². The van der Waals surface area contributed by atoms with Gasteiger partial charge in [-0.3, -0.25) is 0 Å². The molecule has 1 aliphatic rings. The number of nitrogens with one attached hydrogen (secondary N) is 1. The third kappa shape index (κ3) is 2.15. The number of benzene rings is 1. The molecule has 0 saturated heterocycles. The van der Waals surface area contributed by atoms with Gasteiger partial charge < -0.3 is 5.32 Å². The summed E-state index contributed by atoms with van der Waals surface area (Å²) in [5.74, 6) is 0.602. The van der Waals surface area contributed by atoms with Gasteiger partial charge in [-0.1, -0.05) is 25.1 Å². The van der Waals surface area contributed by atoms with Crippen molar-refractivity contribution >= 4 is 15.5 Å². The molecule has 1 unspecified atom stereocenters. The van der Waals surface area contributed by atoms with Crippen molar-refractivity contribution in [2.75, 3.05) is 23.4 Å². The number of rotatable bonds is 3. The highest BCUT2D eigenvalue weighted by molar-refractivity contribution is 7.91. The monoisotopic (exact) mass is 225 g/mol. The maximum atomic E-state index is 11.5. The van der Waals surface area contributed by atoms with E-state index in [4.69, 9.17) is 0 Å². The zero-order valence-corrected chi connectivity index (χ0v) is 9.55. The molecule has 0 amide bonds. The molecular formula is C11H15NO2S. The smallest absolute Gasteiger partial charge is 0.150 e. The second kappa shape index (κ2) is 3.85. The van der Waals surface area contributed by atoms with E-state index in [1.807, 2.05) is 24.3 Å². The molecule has 1 atom stereocenters. The summed E-state index contributed by atoms with van der Waals surface area (Å²) in [5.41, 5.74) is 2.21. The van der Waals surface area contributed by atoms with Crippen LogP contribution in [-0.4, -0.2) is 26.5 Å². The number of fused-ring (bicyclic) bond motifs is 1. The molecule has 0 spiro atoms. The van der Waals surface area contributed by atoms with E-state index in [9.17, 15) is 8.42 Å². The summed E-state index contributed by atoms with van der Waals surface area (Å²) < 4.78 is 23.1. The maximum Gasteiger partial charge on any atom is 0.150 e. The van der Waals surface area contributed by atoms with E-state index in [0.717, 1.165) is 17.8 Å². The van der Waals surface area contributed by atoms with Crippen molar-refractivity contribution in [2.45, 2.75) is 12.8 Å². The van der Waals surface area contributed by atoms with Crippen molar-refractivity contribution in [3.8, 4) is 0 Å². The Morgan fingerprint density at radius 1 is 1.40 bits per heavy atom. The van der Waals surface area contributed by atoms with E-state index < -0.39 is 9.84 Å². The van der Waals surface area contributed by atoms with Gasteiger partial charge in [0.2, 0.25) is 0 Å². The van der Waals surface area contributed by atoms with Crippen LogP contribution in [0.15, 0.2) is 24.3 Å². The lowest BCUT2D eigenvalue weighted by Gasteiger charge is -2.09. The minimum atomic E-state index is -2.89. The van der Waals surface area contributed by atoms with Gasteiger partial charge in [-0.2, -0.15) is 0 Å². The van der Waals surface area contributed by atoms with E-state index in [0.29, 0.717) is 0 Å². The first-order valence-electron chi connectivity index (χ1n) is 5.15. The van der Waals surface area contributed by atoms with E-state index in [1.165, 1.54) is 0 Å². The molecule has 1 heterocycles. The van der Waals surface area contributed by atoms with Crippen molar-refractivity contribution in [1.82, 2.24) is 0 Å². The molecule has 4 heteroatoms. The van der Waals surface area contributed by atoms with Crippen LogP contribution in [0.4, 0.5) is 5.69 Å². The van der Waals surface area contributed by atoms with Gasteiger partial charge in [-0.15, -0.1) is 0 Å². The third-order valence-corrected chi connectivity index (χ3v) is 4.62. The summed E-state index contributed by atoms with van der Waals surface area (Å²) in [5, 5.41) is 3.23. The lowest BCUT2D eigenvalue weighted by Crippen LogP contribution is -2.17. The summed E-state index contributed by atoms with van der Waals surface area (Å²) in [6, 6.07) is 7.92. The molecule has 1 aromatic rings. The Hall–Kier alpha value is -1.03. The predicted octanol–water partition coefficient (Wildman–Crippen LogP) is 1.63. The van der Waals surface area contributed by atoms with Crippen molar-refractivity contribution in [1.29, 1.82) is 0 Å². The van der Waals surface area contributed by atoms with Crippen LogP contribution in [-0.2, 0) is 9.84 Å². The van der Waals surface area contributed by atoms with Gasteiger partial charge >= 0.3 is 0 Å². The summed E-state index contributed by atoms with van der Waals surface area (Å²) in [4.78, 5) is 0. The summed E-state index contributed by atoms with van der Waals surface area (Å²) in [7, 11) is -2.89. The van der Waals surface area contributed by atoms with Gasteiger partial charge in [0.1, 0.15) is 0 Å². The molecule has 0 aliphatic carbocycles. The zero-order valence-electron chi connectivity index (χ0n) is 8.73. The van der Waals surface area contributed by atoms with Gasteiger partial charge in [0.05, 0.1) is 5.75 Å². The molecule has 0 radical (unpaired) electrons. The topological polar surface area (TPSA) is 46.2 Å². The molecule has 15 heavy (non-hydrogen) atoms. The fraction of sp³-hybridized carbons (Fsp3) is 0.455. The van der Waals surface area contributed by atoms with Crippen molar-refractivity contribution in [3.63, 3.8) is 0 Å². The van der Waals surface area contributed by atoms with Crippen molar-refractivity contribution < 1.29 is 8.42 Å². The van der Waals surface area contributed by atoms with Gasteiger partial charge in [-0.05, 0) is 11.6 Å². The summed E-state index contributed by atoms with van der Waals surface area (Å²) in [6.07, 6.45) is 0. The number of hydrogen-bond donors (Lipinski definition) is 1. The molecule has 2 rings (SSSR count). The quantitative estimate of drug-likeness (QED) is 0.850. The van der Waals surface area contributed by atoms with Crippen LogP contribution >= 0.6 is 0 Å². The zero-order chi connectivity index (χ0) is 10.9. The first-order chi connectivity index (χ1) is 7.12. The summed E-state index contributed by atoms with van der Waals surface area (Å²) >= 11 is 0. The Morgan fingerprint density at radius 3 is 2.87 bits per heavy atom. The highest BCUT2D eigenvalue weighted by Crippen LogP contribution is 2.31. The molecule has 1 aromatic carbocycles. The van der Waals surface area contributed by atoms with E-state index in [2.05, 4.69) is 5.32 Å². The molecule has 1 aliphatic heterocycles. The van der Waals surface area contributed by atoms with Gasteiger partial charge in [0, 0.05) is 23.9 Å². The van der Waals surface area contributed by atoms with E-state index in [1.54, 1.807) is 6.92 Å². The van der Waals surface area contributed by atoms with Gasteiger partial charge in [0.15, 0.2) is 9.84 Å². The van der Waals surface area contributed by atoms with Gasteiger partial charge in [-0.25, -0.2) is 8.42 Å². The molecule has 3 nitrogen and oxygen atoms in total. The summed E-state index contributed by atoms with van der Waals surface area (Å²) in [6.45, 7) is 2.43. The fourth-order valence-corrected chi connectivity index (χ4v) is 3.08. The van der Waals surface area contributed by atoms with Crippen LogP contribution in [0.5, 0.6) is 0 Å². The Balaban J connectivity index is 2.22. The average molecular weight is 225 g/mol. The van der Waals surface area contributed by atoms with E-state index >= 15 is 0 Å². The number of para-hydroxylation sites is 1. The Kier molecular flexibility index (Phi) is 2.69. The van der Waals surface area contributed by atoms with Crippen LogP contribution in [0.1, 0.15) is 18.4 Å². The Morgan fingerprint density at radius 2 is 2.13 bits per heavy atom. The lowest BCUT2D eigenvalue weighted by atomic mass is 10.0. The highest BCUT2D eigenvalue weighted by Gasteiger charge is 2.25. The Labute approximate surface area is 90.4 Å². The highest BCUT2D eigenvalue weighted by atomic mass is 32.2. The number of hydrogen-bond acceptors (Lipinski definition) is 3. The SMILES string of the molecule is CCS(=O)(=O)CC1CNc2ccccc21. The number of anilines is 1. The van der Waals surface area contributed by atoms with E-state index in [-0.39, 0.29) is 17.4 Å². The van der Waals surface area contributed by atoms with Crippen molar-refractivity contribution in [3.05, 3.63) is 29.8 Å². The molecule has 82 valence electrons. The fourth-order valence-electron chi connectivity index (χ4n) is 1.93. The van der Waals surface area contributed by atoms with Crippen molar-refractivity contribution in [2.24, 2.45) is 0 Å². The van der Waals surface area contributed by atoms with Crippen LogP contribution < -0.4 is 5.32 Å². The Bertz CT molecular complexity index is 453. The molecular weight excluding hydrogens is 210 g/mol. The normalized spacial score (nSPS) is 19.7. The standard InChI is InChI=1S/C11H15NO2S/c1-2-15(13,14)8-9-7-12-11-6-4-3-5-10(9)11/h3-6,9,12H,2,7-8H2,1H3. The van der Waals surface area contributed by atoms with Crippen LogP contribution in [0, 0.1) is 0 Å². The van der Waals surface area contributed by atoms with Crippen LogP contribution in [0.2, 0.25) is 0 Å². The largest absolute Gasteiger partial charge is 0.384 e. The van der Waals surface area contributed by atoms with Crippen LogP contribution in [0.25, 0.3) is 0 Å². The van der Waals surface area contributed by atoms with Gasteiger partial charge in [0.25, 0.3) is 0 Å². The second-order valence-electron chi connectivity index (χ2n) is 3.86.